The molecule has 0 radical (unpaired) electrons. The molecule has 3 aromatic rings. The van der Waals surface area contributed by atoms with Gasteiger partial charge in [-0.2, -0.15) is 5.10 Å². The van der Waals surface area contributed by atoms with E-state index < -0.39 is 0 Å². The Morgan fingerprint density at radius 3 is 2.79 bits per heavy atom. The lowest BCUT2D eigenvalue weighted by Crippen LogP contribution is -2.38. The summed E-state index contributed by atoms with van der Waals surface area (Å²) in [6.45, 7) is 0. The van der Waals surface area contributed by atoms with E-state index in [0.29, 0.717) is 17.2 Å². The van der Waals surface area contributed by atoms with Crippen LogP contribution in [0.4, 0.5) is 0 Å². The summed E-state index contributed by atoms with van der Waals surface area (Å²) in [5, 5.41) is 4.13. The topological polar surface area (TPSA) is 76.7 Å². The van der Waals surface area contributed by atoms with Crippen molar-refractivity contribution in [1.82, 2.24) is 10.4 Å². The molecular weight excluding hydrogens is 306 g/mol. The number of amides is 1. The minimum Gasteiger partial charge on any atom is -0.436 e. The summed E-state index contributed by atoms with van der Waals surface area (Å²) in [7, 11) is 1.57. The number of nitrogens with zero attached hydrogens (tertiary/aromatic N) is 2. The summed E-state index contributed by atoms with van der Waals surface area (Å²) in [5.74, 6) is 0.419. The number of carbonyl (C=O) groups is 1. The molecule has 4 rings (SSSR count). The number of methoxy groups -OCH3 is 1. The van der Waals surface area contributed by atoms with Crippen LogP contribution in [0.5, 0.6) is 0 Å². The highest BCUT2D eigenvalue weighted by Crippen LogP contribution is 2.26. The van der Waals surface area contributed by atoms with Crippen LogP contribution < -0.4 is 5.43 Å². The normalized spacial score (nSPS) is 17.6. The minimum atomic E-state index is -0.368. The van der Waals surface area contributed by atoms with Crippen molar-refractivity contribution in [2.24, 2.45) is 5.10 Å². The van der Waals surface area contributed by atoms with Gasteiger partial charge in [0, 0.05) is 18.2 Å². The number of nitrogens with one attached hydrogen (secondary N) is 1. The van der Waals surface area contributed by atoms with Crippen LogP contribution in [0.3, 0.4) is 0 Å². The molecular formula is C18H15N3O3. The van der Waals surface area contributed by atoms with Crippen molar-refractivity contribution in [1.29, 1.82) is 0 Å². The summed E-state index contributed by atoms with van der Waals surface area (Å²) < 4.78 is 11.3. The summed E-state index contributed by atoms with van der Waals surface area (Å²) in [4.78, 5) is 16.0. The van der Waals surface area contributed by atoms with Crippen LogP contribution in [0.1, 0.15) is 12.0 Å². The van der Waals surface area contributed by atoms with Gasteiger partial charge in [0.2, 0.25) is 11.8 Å². The molecule has 2 heterocycles. The van der Waals surface area contributed by atoms with Crippen molar-refractivity contribution in [3.8, 4) is 11.5 Å². The van der Waals surface area contributed by atoms with Crippen molar-refractivity contribution in [2.75, 3.05) is 7.11 Å². The molecule has 1 aliphatic rings. The highest BCUT2D eigenvalue weighted by atomic mass is 16.5. The Labute approximate surface area is 138 Å². The fourth-order valence-corrected chi connectivity index (χ4v) is 2.74. The van der Waals surface area contributed by atoms with Gasteiger partial charge in [-0.15, -0.1) is 0 Å². The molecule has 6 nitrogen and oxygen atoms in total. The lowest BCUT2D eigenvalue weighted by molar-refractivity contribution is -0.123. The predicted molar refractivity (Wildman–Crippen MR) is 89.5 cm³/mol. The minimum absolute atomic E-state index is 0.155. The van der Waals surface area contributed by atoms with E-state index >= 15 is 0 Å². The van der Waals surface area contributed by atoms with Gasteiger partial charge in [0.1, 0.15) is 11.6 Å². The molecule has 2 aromatic carbocycles. The van der Waals surface area contributed by atoms with Gasteiger partial charge in [0.05, 0.1) is 12.1 Å². The third kappa shape index (κ3) is 2.57. The van der Waals surface area contributed by atoms with Gasteiger partial charge in [-0.3, -0.25) is 4.79 Å². The van der Waals surface area contributed by atoms with Crippen molar-refractivity contribution in [2.45, 2.75) is 12.5 Å². The molecule has 1 atom stereocenters. The molecule has 0 saturated heterocycles. The summed E-state index contributed by atoms with van der Waals surface area (Å²) in [6.07, 6.45) is -0.119. The van der Waals surface area contributed by atoms with Gasteiger partial charge in [-0.05, 0) is 24.3 Å². The van der Waals surface area contributed by atoms with Gasteiger partial charge in [0.25, 0.3) is 0 Å². The van der Waals surface area contributed by atoms with E-state index in [9.17, 15) is 4.79 Å². The van der Waals surface area contributed by atoms with Gasteiger partial charge in [-0.1, -0.05) is 24.3 Å². The molecule has 24 heavy (non-hydrogen) atoms. The first-order chi connectivity index (χ1) is 11.7. The fraction of sp³-hybridized carbons (Fsp3) is 0.167. The number of hydrogen-bond donors (Lipinski definition) is 1. The number of benzene rings is 2. The van der Waals surface area contributed by atoms with Gasteiger partial charge >= 0.3 is 0 Å². The maximum absolute atomic E-state index is 11.5. The number of rotatable bonds is 3. The first-order valence-corrected chi connectivity index (χ1v) is 7.60. The SMILES string of the molecule is CO[C@@H]1CC(=O)NN=C1c1ccc2nc(-c3ccccc3)oc2c1. The molecule has 0 bridgehead atoms. The fourth-order valence-electron chi connectivity index (χ4n) is 2.74. The van der Waals surface area contributed by atoms with Crippen molar-refractivity contribution < 1.29 is 13.9 Å². The monoisotopic (exact) mass is 321 g/mol. The Balaban J connectivity index is 1.75. The molecule has 1 amide bonds. The van der Waals surface area contributed by atoms with Crippen LogP contribution in [0.15, 0.2) is 58.0 Å². The quantitative estimate of drug-likeness (QED) is 0.804. The van der Waals surface area contributed by atoms with E-state index in [-0.39, 0.29) is 18.4 Å². The van der Waals surface area contributed by atoms with Crippen LogP contribution >= 0.6 is 0 Å². The summed E-state index contributed by atoms with van der Waals surface area (Å²) in [6, 6.07) is 15.4. The number of fused-ring (bicyclic) bond motifs is 1. The Morgan fingerprint density at radius 2 is 2.00 bits per heavy atom. The lowest BCUT2D eigenvalue weighted by Gasteiger charge is -2.21. The number of oxazole rings is 1. The molecule has 0 saturated carbocycles. The first kappa shape index (κ1) is 14.6. The molecule has 0 unspecified atom stereocenters. The zero-order valence-electron chi connectivity index (χ0n) is 13.0. The van der Waals surface area contributed by atoms with Gasteiger partial charge < -0.3 is 9.15 Å². The van der Waals surface area contributed by atoms with Crippen molar-refractivity contribution >= 4 is 22.7 Å². The largest absolute Gasteiger partial charge is 0.436 e. The predicted octanol–water partition coefficient (Wildman–Crippen LogP) is 2.73. The average molecular weight is 321 g/mol. The molecule has 1 aliphatic heterocycles. The zero-order valence-corrected chi connectivity index (χ0v) is 13.0. The molecule has 6 heteroatoms. The third-order valence-electron chi connectivity index (χ3n) is 3.97. The number of ether oxygens (including phenoxy) is 1. The third-order valence-corrected chi connectivity index (χ3v) is 3.97. The Bertz CT molecular complexity index is 931. The standard InChI is InChI=1S/C18H15N3O3/c1-23-15-10-16(22)20-21-17(15)12-7-8-13-14(9-12)24-18(19-13)11-5-3-2-4-6-11/h2-9,15H,10H2,1H3,(H,20,22)/t15-/m1/s1. The summed E-state index contributed by atoms with van der Waals surface area (Å²) >= 11 is 0. The van der Waals surface area contributed by atoms with E-state index in [1.54, 1.807) is 7.11 Å². The molecule has 0 fully saturated rings. The number of hydrazone groups is 1. The Hall–Kier alpha value is -2.99. The van der Waals surface area contributed by atoms with Crippen LogP contribution in [-0.2, 0) is 9.53 Å². The molecule has 1 N–H and O–H groups in total. The van der Waals surface area contributed by atoms with Crippen LogP contribution in [-0.4, -0.2) is 29.8 Å². The molecule has 0 spiro atoms. The van der Waals surface area contributed by atoms with Crippen LogP contribution in [0.2, 0.25) is 0 Å². The molecule has 1 aromatic heterocycles. The van der Waals surface area contributed by atoms with Crippen molar-refractivity contribution in [3.05, 3.63) is 54.1 Å². The zero-order chi connectivity index (χ0) is 16.5. The molecule has 0 aliphatic carbocycles. The Kier molecular flexibility index (Phi) is 3.59. The van der Waals surface area contributed by atoms with Gasteiger partial charge in [-0.25, -0.2) is 10.4 Å². The highest BCUT2D eigenvalue weighted by Gasteiger charge is 2.26. The first-order valence-electron chi connectivity index (χ1n) is 7.60. The van der Waals surface area contributed by atoms with E-state index in [1.807, 2.05) is 48.5 Å². The van der Waals surface area contributed by atoms with Crippen molar-refractivity contribution in [3.63, 3.8) is 0 Å². The maximum atomic E-state index is 11.5. The molecule has 120 valence electrons. The van der Waals surface area contributed by atoms with E-state index in [1.165, 1.54) is 0 Å². The number of carbonyl (C=O) groups excluding carboxylic acids is 1. The van der Waals surface area contributed by atoms with E-state index in [4.69, 9.17) is 9.15 Å². The Morgan fingerprint density at radius 1 is 1.17 bits per heavy atom. The number of aromatic nitrogens is 1. The second-order valence-electron chi connectivity index (χ2n) is 5.53. The average Bonchev–Trinajstić information content (AvgIpc) is 3.05. The smallest absolute Gasteiger partial charge is 0.243 e. The van der Waals surface area contributed by atoms with E-state index in [2.05, 4.69) is 15.5 Å². The number of hydrogen-bond acceptors (Lipinski definition) is 5. The van der Waals surface area contributed by atoms with Gasteiger partial charge in [0.15, 0.2) is 5.58 Å². The summed E-state index contributed by atoms with van der Waals surface area (Å²) in [5.41, 5.74) is 6.37. The van der Waals surface area contributed by atoms with Crippen LogP contribution in [0.25, 0.3) is 22.6 Å². The van der Waals surface area contributed by atoms with E-state index in [0.717, 1.165) is 16.6 Å². The second kappa shape index (κ2) is 5.90. The highest BCUT2D eigenvalue weighted by molar-refractivity contribution is 6.08. The maximum Gasteiger partial charge on any atom is 0.243 e. The van der Waals surface area contributed by atoms with Crippen LogP contribution in [0, 0.1) is 0 Å². The second-order valence-corrected chi connectivity index (χ2v) is 5.53. The lowest BCUT2D eigenvalue weighted by atomic mass is 10.0.